The summed E-state index contributed by atoms with van der Waals surface area (Å²) in [5.41, 5.74) is -2.85. The van der Waals surface area contributed by atoms with Crippen LogP contribution in [0.1, 0.15) is 28.7 Å². The molecule has 142 valence electrons. The topological polar surface area (TPSA) is 46.9 Å². The van der Waals surface area contributed by atoms with Crippen LogP contribution < -0.4 is 5.32 Å². The SMILES string of the molecule is C[C@@H](Cn1nc(C(F)(F)F)cc1C(F)(F)F)NC(=O)c1ccccc1I. The Hall–Kier alpha value is -1.79. The summed E-state index contributed by atoms with van der Waals surface area (Å²) in [6.07, 6.45) is -10.0. The van der Waals surface area contributed by atoms with E-state index in [-0.39, 0.29) is 10.7 Å². The molecule has 0 aliphatic carbocycles. The summed E-state index contributed by atoms with van der Waals surface area (Å²) in [5, 5.41) is 5.46. The number of hydrogen-bond donors (Lipinski definition) is 1. The third-order valence-electron chi connectivity index (χ3n) is 3.30. The highest BCUT2D eigenvalue weighted by molar-refractivity contribution is 14.1. The van der Waals surface area contributed by atoms with Gasteiger partial charge in [0.2, 0.25) is 0 Å². The molecule has 4 nitrogen and oxygen atoms in total. The van der Waals surface area contributed by atoms with E-state index in [1.807, 2.05) is 22.6 Å². The maximum atomic E-state index is 13.0. The predicted octanol–water partition coefficient (Wildman–Crippen LogP) is 4.34. The van der Waals surface area contributed by atoms with E-state index >= 15 is 0 Å². The molecule has 1 amide bonds. The maximum absolute atomic E-state index is 13.0. The van der Waals surface area contributed by atoms with E-state index in [9.17, 15) is 31.1 Å². The molecule has 0 saturated carbocycles. The average Bonchev–Trinajstić information content (AvgIpc) is 2.91. The van der Waals surface area contributed by atoms with Gasteiger partial charge in [0.15, 0.2) is 5.69 Å². The van der Waals surface area contributed by atoms with Crippen molar-refractivity contribution >= 4 is 28.5 Å². The summed E-state index contributed by atoms with van der Waals surface area (Å²) in [4.78, 5) is 12.2. The number of aromatic nitrogens is 2. The molecule has 0 radical (unpaired) electrons. The lowest BCUT2D eigenvalue weighted by Gasteiger charge is -2.17. The van der Waals surface area contributed by atoms with Crippen LogP contribution >= 0.6 is 22.6 Å². The number of carbonyl (C=O) groups excluding carboxylic acids is 1. The van der Waals surface area contributed by atoms with Crippen molar-refractivity contribution in [1.82, 2.24) is 15.1 Å². The smallest absolute Gasteiger partial charge is 0.348 e. The number of hydrogen-bond acceptors (Lipinski definition) is 2. The summed E-state index contributed by atoms with van der Waals surface area (Å²) in [7, 11) is 0. The fourth-order valence-electron chi connectivity index (χ4n) is 2.17. The second-order valence-electron chi connectivity index (χ2n) is 5.45. The van der Waals surface area contributed by atoms with Gasteiger partial charge in [-0.15, -0.1) is 0 Å². The predicted molar refractivity (Wildman–Crippen MR) is 88.3 cm³/mol. The van der Waals surface area contributed by atoms with Gasteiger partial charge in [0.25, 0.3) is 5.91 Å². The average molecular weight is 491 g/mol. The Labute approximate surface area is 157 Å². The maximum Gasteiger partial charge on any atom is 0.435 e. The molecule has 0 aliphatic heterocycles. The molecule has 2 rings (SSSR count). The highest BCUT2D eigenvalue weighted by Gasteiger charge is 2.42. The van der Waals surface area contributed by atoms with Crippen molar-refractivity contribution in [3.05, 3.63) is 50.9 Å². The van der Waals surface area contributed by atoms with Gasteiger partial charge < -0.3 is 5.32 Å². The van der Waals surface area contributed by atoms with Crippen LogP contribution in [0.3, 0.4) is 0 Å². The largest absolute Gasteiger partial charge is 0.435 e. The summed E-state index contributed by atoms with van der Waals surface area (Å²) < 4.78 is 77.7. The Balaban J connectivity index is 2.20. The molecule has 1 atom stereocenters. The number of rotatable bonds is 4. The van der Waals surface area contributed by atoms with Crippen LogP contribution in [0.4, 0.5) is 26.3 Å². The van der Waals surface area contributed by atoms with Crippen molar-refractivity contribution in [2.24, 2.45) is 0 Å². The number of alkyl halides is 6. The van der Waals surface area contributed by atoms with Crippen LogP contribution in [0.25, 0.3) is 0 Å². The molecule has 26 heavy (non-hydrogen) atoms. The van der Waals surface area contributed by atoms with Gasteiger partial charge in [-0.1, -0.05) is 12.1 Å². The van der Waals surface area contributed by atoms with Gasteiger partial charge in [-0.25, -0.2) is 0 Å². The fraction of sp³-hybridized carbons (Fsp3) is 0.333. The first kappa shape index (κ1) is 20.5. The number of amides is 1. The van der Waals surface area contributed by atoms with Gasteiger partial charge in [0.05, 0.1) is 12.1 Å². The minimum Gasteiger partial charge on any atom is -0.348 e. The van der Waals surface area contributed by atoms with Crippen LogP contribution in [0.15, 0.2) is 30.3 Å². The summed E-state index contributed by atoms with van der Waals surface area (Å²) in [6, 6.07) is 5.59. The third kappa shape index (κ3) is 4.89. The van der Waals surface area contributed by atoms with Crippen LogP contribution in [-0.2, 0) is 18.9 Å². The van der Waals surface area contributed by atoms with Crippen LogP contribution in [0, 0.1) is 3.57 Å². The quantitative estimate of drug-likeness (QED) is 0.511. The monoisotopic (exact) mass is 491 g/mol. The molecule has 0 unspecified atom stereocenters. The minimum absolute atomic E-state index is 0.0469. The molecule has 1 heterocycles. The Bertz CT molecular complexity index is 799. The van der Waals surface area contributed by atoms with E-state index in [1.165, 1.54) is 13.0 Å². The van der Waals surface area contributed by atoms with Gasteiger partial charge >= 0.3 is 12.4 Å². The molecule has 0 spiro atoms. The van der Waals surface area contributed by atoms with E-state index in [1.54, 1.807) is 18.2 Å². The Morgan fingerprint density at radius 3 is 2.35 bits per heavy atom. The highest BCUT2D eigenvalue weighted by Crippen LogP contribution is 2.35. The molecule has 1 aromatic heterocycles. The summed E-state index contributed by atoms with van der Waals surface area (Å²) in [6.45, 7) is 0.808. The lowest BCUT2D eigenvalue weighted by atomic mass is 10.2. The third-order valence-corrected chi connectivity index (χ3v) is 4.24. The van der Waals surface area contributed by atoms with Crippen molar-refractivity contribution in [3.8, 4) is 0 Å². The van der Waals surface area contributed by atoms with Gasteiger partial charge in [-0.2, -0.15) is 31.4 Å². The second-order valence-corrected chi connectivity index (χ2v) is 6.61. The molecule has 2 aromatic rings. The second kappa shape index (κ2) is 7.45. The van der Waals surface area contributed by atoms with Crippen LogP contribution in [0.2, 0.25) is 0 Å². The van der Waals surface area contributed by atoms with Crippen molar-refractivity contribution in [2.45, 2.75) is 31.9 Å². The summed E-state index contributed by atoms with van der Waals surface area (Å²) in [5.74, 6) is -0.542. The number of nitrogens with one attached hydrogen (secondary N) is 1. The normalized spacial score (nSPS) is 13.5. The molecule has 0 saturated heterocycles. The Morgan fingerprint density at radius 1 is 1.19 bits per heavy atom. The Morgan fingerprint density at radius 2 is 1.81 bits per heavy atom. The van der Waals surface area contributed by atoms with Gasteiger partial charge in [-0.3, -0.25) is 9.48 Å². The van der Waals surface area contributed by atoms with Gasteiger partial charge in [0, 0.05) is 15.7 Å². The molecular formula is C15H12F6IN3O. The number of nitrogens with zero attached hydrogens (tertiary/aromatic N) is 2. The zero-order chi connectivity index (χ0) is 19.7. The Kier molecular flexibility index (Phi) is 5.88. The van der Waals surface area contributed by atoms with Crippen LogP contribution in [0.5, 0.6) is 0 Å². The van der Waals surface area contributed by atoms with Crippen molar-refractivity contribution in [2.75, 3.05) is 0 Å². The van der Waals surface area contributed by atoms with E-state index in [2.05, 4.69) is 10.4 Å². The number of halogens is 7. The van der Waals surface area contributed by atoms with Crippen molar-refractivity contribution in [3.63, 3.8) is 0 Å². The first-order chi connectivity index (χ1) is 11.9. The molecule has 0 bridgehead atoms. The molecule has 0 aliphatic rings. The number of benzene rings is 1. The number of carbonyl (C=O) groups is 1. The lowest BCUT2D eigenvalue weighted by Crippen LogP contribution is -2.37. The highest BCUT2D eigenvalue weighted by atomic mass is 127. The molecule has 0 fully saturated rings. The van der Waals surface area contributed by atoms with Crippen LogP contribution in [-0.4, -0.2) is 21.7 Å². The van der Waals surface area contributed by atoms with E-state index in [4.69, 9.17) is 0 Å². The molecule has 11 heteroatoms. The zero-order valence-corrected chi connectivity index (χ0v) is 15.3. The van der Waals surface area contributed by atoms with Crippen molar-refractivity contribution in [1.29, 1.82) is 0 Å². The fourth-order valence-corrected chi connectivity index (χ4v) is 2.81. The lowest BCUT2D eigenvalue weighted by molar-refractivity contribution is -0.144. The zero-order valence-electron chi connectivity index (χ0n) is 13.1. The van der Waals surface area contributed by atoms with E-state index < -0.39 is 42.2 Å². The van der Waals surface area contributed by atoms with E-state index in [0.717, 1.165) is 0 Å². The standard InChI is InChI=1S/C15H12F6IN3O/c1-8(23-13(26)9-4-2-3-5-10(9)22)7-25-12(15(19,20)21)6-11(24-25)14(16,17)18/h2-6,8H,7H2,1H3,(H,23,26)/t8-/m0/s1. The molecular weight excluding hydrogens is 479 g/mol. The van der Waals surface area contributed by atoms with Crippen molar-refractivity contribution < 1.29 is 31.1 Å². The van der Waals surface area contributed by atoms with E-state index in [0.29, 0.717) is 9.13 Å². The van der Waals surface area contributed by atoms with Gasteiger partial charge in [-0.05, 0) is 41.6 Å². The first-order valence-electron chi connectivity index (χ1n) is 7.17. The summed E-state index contributed by atoms with van der Waals surface area (Å²) >= 11 is 1.92. The van der Waals surface area contributed by atoms with Gasteiger partial charge in [0.1, 0.15) is 5.69 Å². The minimum atomic E-state index is -5.00. The first-order valence-corrected chi connectivity index (χ1v) is 8.25. The molecule has 1 aromatic carbocycles. The molecule has 1 N–H and O–H groups in total.